The normalized spacial score (nSPS) is 16.5. The predicted molar refractivity (Wildman–Crippen MR) is 140 cm³/mol. The van der Waals surface area contributed by atoms with E-state index in [2.05, 4.69) is 72.6 Å². The van der Waals surface area contributed by atoms with Crippen LogP contribution in [0.3, 0.4) is 0 Å². The summed E-state index contributed by atoms with van der Waals surface area (Å²) in [5.41, 5.74) is 5.57. The van der Waals surface area contributed by atoms with E-state index >= 15 is 0 Å². The van der Waals surface area contributed by atoms with Gasteiger partial charge in [0.1, 0.15) is 5.82 Å². The predicted octanol–water partition coefficient (Wildman–Crippen LogP) is 5.01. The summed E-state index contributed by atoms with van der Waals surface area (Å²) in [6, 6.07) is 14.1. The quantitative estimate of drug-likeness (QED) is 0.404. The molecule has 8 nitrogen and oxygen atoms in total. The lowest BCUT2D eigenvalue weighted by atomic mass is 9.79. The molecule has 0 bridgehead atoms. The minimum Gasteiger partial charge on any atom is -0.351 e. The highest BCUT2D eigenvalue weighted by molar-refractivity contribution is 5.98. The van der Waals surface area contributed by atoms with Gasteiger partial charge in [0, 0.05) is 60.0 Å². The van der Waals surface area contributed by atoms with E-state index in [0.29, 0.717) is 30.8 Å². The van der Waals surface area contributed by atoms with E-state index in [1.54, 1.807) is 0 Å². The minimum absolute atomic E-state index is 0.0206. The number of amides is 1. The second kappa shape index (κ2) is 8.33. The molecule has 36 heavy (non-hydrogen) atoms. The van der Waals surface area contributed by atoms with Crippen molar-refractivity contribution >= 4 is 17.5 Å². The Kier molecular flexibility index (Phi) is 5.21. The van der Waals surface area contributed by atoms with Gasteiger partial charge in [-0.15, -0.1) is 5.10 Å². The molecular formula is C28H31N7O. The molecular weight excluding hydrogens is 450 g/mol. The van der Waals surface area contributed by atoms with E-state index in [0.717, 1.165) is 33.6 Å². The third-order valence-electron chi connectivity index (χ3n) is 7.21. The molecule has 0 spiro atoms. The fourth-order valence-electron chi connectivity index (χ4n) is 4.91. The van der Waals surface area contributed by atoms with Crippen LogP contribution in [0.15, 0.2) is 48.7 Å². The highest BCUT2D eigenvalue weighted by Crippen LogP contribution is 2.40. The number of anilines is 2. The van der Waals surface area contributed by atoms with Crippen molar-refractivity contribution in [1.29, 1.82) is 0 Å². The lowest BCUT2D eigenvalue weighted by Crippen LogP contribution is -2.43. The van der Waals surface area contributed by atoms with Crippen molar-refractivity contribution in [3.63, 3.8) is 0 Å². The monoisotopic (exact) mass is 481 g/mol. The average molecular weight is 482 g/mol. The maximum Gasteiger partial charge on any atom is 0.251 e. The second-order valence-corrected chi connectivity index (χ2v) is 10.5. The van der Waals surface area contributed by atoms with Crippen molar-refractivity contribution in [2.45, 2.75) is 51.5 Å². The number of aryl methyl sites for hydroxylation is 2. The number of carbonyl (C=O) groups is 1. The van der Waals surface area contributed by atoms with E-state index in [4.69, 9.17) is 15.1 Å². The molecule has 8 heteroatoms. The number of aromatic nitrogens is 5. The van der Waals surface area contributed by atoms with Gasteiger partial charge in [-0.05, 0) is 43.5 Å². The van der Waals surface area contributed by atoms with E-state index in [1.807, 2.05) is 23.7 Å². The Morgan fingerprint density at radius 1 is 1.08 bits per heavy atom. The minimum atomic E-state index is -0.140. The highest BCUT2D eigenvalue weighted by Gasteiger charge is 2.32. The van der Waals surface area contributed by atoms with Crippen molar-refractivity contribution in [3.05, 3.63) is 65.6 Å². The molecule has 1 aliphatic carbocycles. The molecule has 2 aromatic heterocycles. The topological polar surface area (TPSA) is 89.7 Å². The van der Waals surface area contributed by atoms with Crippen LogP contribution in [0.2, 0.25) is 0 Å². The molecule has 1 fully saturated rings. The Hall–Kier alpha value is -3.94. The van der Waals surface area contributed by atoms with Gasteiger partial charge < -0.3 is 15.2 Å². The van der Waals surface area contributed by atoms with Gasteiger partial charge >= 0.3 is 0 Å². The van der Waals surface area contributed by atoms with E-state index < -0.39 is 0 Å². The largest absolute Gasteiger partial charge is 0.351 e. The van der Waals surface area contributed by atoms with Crippen LogP contribution in [-0.4, -0.2) is 36.8 Å². The zero-order valence-electron chi connectivity index (χ0n) is 21.2. The Morgan fingerprint density at radius 2 is 1.83 bits per heavy atom. The molecule has 2 aliphatic rings. The average Bonchev–Trinajstić information content (AvgIpc) is 3.52. The molecule has 2 N–H and O–H groups in total. The number of hydrogen-bond donors (Lipinski definition) is 2. The van der Waals surface area contributed by atoms with Gasteiger partial charge in [-0.1, -0.05) is 38.1 Å². The first-order valence-corrected chi connectivity index (χ1v) is 12.6. The van der Waals surface area contributed by atoms with Crippen molar-refractivity contribution in [3.8, 4) is 22.6 Å². The van der Waals surface area contributed by atoms with Crippen molar-refractivity contribution < 1.29 is 4.79 Å². The van der Waals surface area contributed by atoms with Crippen molar-refractivity contribution in [1.82, 2.24) is 29.6 Å². The first-order valence-electron chi connectivity index (χ1n) is 12.6. The highest BCUT2D eigenvalue weighted by atomic mass is 16.1. The molecule has 6 rings (SSSR count). The van der Waals surface area contributed by atoms with E-state index in [-0.39, 0.29) is 11.3 Å². The number of fused-ring (bicyclic) bond motifs is 1. The number of hydrogen-bond acceptors (Lipinski definition) is 5. The summed E-state index contributed by atoms with van der Waals surface area (Å²) in [5.74, 6) is 3.12. The Morgan fingerprint density at radius 3 is 2.56 bits per heavy atom. The van der Waals surface area contributed by atoms with Crippen LogP contribution in [0.5, 0.6) is 0 Å². The smallest absolute Gasteiger partial charge is 0.251 e. The Balaban J connectivity index is 1.26. The van der Waals surface area contributed by atoms with Crippen molar-refractivity contribution in [2.75, 3.05) is 11.9 Å². The molecule has 0 atom stereocenters. The van der Waals surface area contributed by atoms with E-state index in [9.17, 15) is 4.79 Å². The molecule has 4 aromatic rings. The second-order valence-electron chi connectivity index (χ2n) is 10.5. The van der Waals surface area contributed by atoms with Gasteiger partial charge in [-0.25, -0.2) is 9.67 Å². The van der Waals surface area contributed by atoms with Crippen molar-refractivity contribution in [2.24, 2.45) is 7.05 Å². The molecule has 1 aliphatic heterocycles. The number of imidazole rings is 1. The molecule has 1 saturated carbocycles. The molecule has 2 aromatic carbocycles. The number of nitrogens with zero attached hydrogens (tertiary/aromatic N) is 5. The summed E-state index contributed by atoms with van der Waals surface area (Å²) in [7, 11) is 2.08. The summed E-state index contributed by atoms with van der Waals surface area (Å²) in [6.07, 6.45) is 4.59. The van der Waals surface area contributed by atoms with Gasteiger partial charge in [0.25, 0.3) is 5.91 Å². The maximum atomic E-state index is 12.3. The third-order valence-corrected chi connectivity index (χ3v) is 7.21. The summed E-state index contributed by atoms with van der Waals surface area (Å²) in [5, 5.41) is 11.1. The first kappa shape index (κ1) is 22.5. The fraction of sp³-hybridized carbons (Fsp3) is 0.357. The van der Waals surface area contributed by atoms with Crippen LogP contribution in [0.1, 0.15) is 61.3 Å². The van der Waals surface area contributed by atoms with E-state index in [1.165, 1.54) is 18.7 Å². The molecule has 0 unspecified atom stereocenters. The molecule has 0 radical (unpaired) electrons. The molecule has 0 saturated heterocycles. The maximum absolute atomic E-state index is 12.3. The Labute approximate surface area is 210 Å². The summed E-state index contributed by atoms with van der Waals surface area (Å²) in [6.45, 7) is 7.63. The summed E-state index contributed by atoms with van der Waals surface area (Å²) in [4.78, 5) is 22.0. The first-order chi connectivity index (χ1) is 17.3. The van der Waals surface area contributed by atoms with Gasteiger partial charge in [-0.2, -0.15) is 4.98 Å². The zero-order chi connectivity index (χ0) is 25.0. The lowest BCUT2D eigenvalue weighted by molar-refractivity contribution is 0.0930. The number of benzene rings is 2. The van der Waals surface area contributed by atoms with Crippen LogP contribution in [0.25, 0.3) is 22.6 Å². The SMILES string of the molecule is CCn1nc(-c2ccc(-c3cn(C)c(C4CC4)n3)cc2)nc1Nc1ccc2c(c1)C(C)(C)CNC2=O. The van der Waals surface area contributed by atoms with Crippen LogP contribution in [-0.2, 0) is 19.0 Å². The number of carbonyl (C=O) groups excluding carboxylic acids is 1. The summed E-state index contributed by atoms with van der Waals surface area (Å²) < 4.78 is 4.01. The molecule has 1 amide bonds. The zero-order valence-corrected chi connectivity index (χ0v) is 21.2. The van der Waals surface area contributed by atoms with Crippen LogP contribution in [0, 0.1) is 0 Å². The standard InChI is InChI=1S/C28H31N7O/c1-5-35-27(30-20-12-13-21-22(14-20)28(2,3)16-29-26(21)36)32-24(33-35)18-8-6-17(7-9-18)23-15-34(4)25(31-23)19-10-11-19/h6-9,12-15,19H,5,10-11,16H2,1-4H3,(H,29,36)(H,30,32,33). The fourth-order valence-corrected chi connectivity index (χ4v) is 4.91. The Bertz CT molecular complexity index is 1460. The lowest BCUT2D eigenvalue weighted by Gasteiger charge is -2.32. The molecule has 3 heterocycles. The third kappa shape index (κ3) is 3.96. The number of rotatable bonds is 6. The molecule has 184 valence electrons. The van der Waals surface area contributed by atoms with Gasteiger partial charge in [0.15, 0.2) is 5.82 Å². The van der Waals surface area contributed by atoms with Crippen LogP contribution >= 0.6 is 0 Å². The van der Waals surface area contributed by atoms with Gasteiger partial charge in [0.05, 0.1) is 5.69 Å². The van der Waals surface area contributed by atoms with Crippen LogP contribution in [0.4, 0.5) is 11.6 Å². The van der Waals surface area contributed by atoms with Gasteiger partial charge in [0.2, 0.25) is 5.95 Å². The van der Waals surface area contributed by atoms with Gasteiger partial charge in [-0.3, -0.25) is 4.79 Å². The van der Waals surface area contributed by atoms with Crippen LogP contribution < -0.4 is 10.6 Å². The summed E-state index contributed by atoms with van der Waals surface area (Å²) >= 11 is 0. The number of nitrogens with one attached hydrogen (secondary N) is 2.